The molecule has 0 saturated carbocycles. The average Bonchev–Trinajstić information content (AvgIpc) is 2.71. The first-order valence-electron chi connectivity index (χ1n) is 3.85. The van der Waals surface area contributed by atoms with E-state index in [1.54, 1.807) is 0 Å². The third-order valence-corrected chi connectivity index (χ3v) is 2.04. The number of nitrogens with one attached hydrogen (secondary N) is 2. The van der Waals surface area contributed by atoms with Gasteiger partial charge in [-0.1, -0.05) is 0 Å². The number of fused-ring (bicyclic) bond motifs is 3. The fourth-order valence-corrected chi connectivity index (χ4v) is 1.43. The molecular formula is C6H4N6O2. The van der Waals surface area contributed by atoms with Gasteiger partial charge in [0.1, 0.15) is 12.1 Å². The van der Waals surface area contributed by atoms with Gasteiger partial charge < -0.3 is 5.32 Å². The van der Waals surface area contributed by atoms with E-state index in [0.29, 0.717) is 5.71 Å². The second-order valence-electron chi connectivity index (χ2n) is 2.82. The summed E-state index contributed by atoms with van der Waals surface area (Å²) < 4.78 is 0.893. The van der Waals surface area contributed by atoms with E-state index >= 15 is 0 Å². The Bertz CT molecular complexity index is 535. The molecule has 2 aliphatic rings. The molecule has 2 N–H and O–H groups in total. The van der Waals surface area contributed by atoms with Crippen LogP contribution in [-0.4, -0.2) is 39.0 Å². The molecule has 2 aliphatic heterocycles. The van der Waals surface area contributed by atoms with Crippen LogP contribution in [-0.2, 0) is 0 Å². The highest BCUT2D eigenvalue weighted by Crippen LogP contribution is 2.10. The molecule has 1 amide bonds. The summed E-state index contributed by atoms with van der Waals surface area (Å²) in [5.41, 5.74) is -0.103. The minimum atomic E-state index is -0.578. The molecule has 3 heterocycles. The van der Waals surface area contributed by atoms with Gasteiger partial charge in [-0.25, -0.2) is 24.7 Å². The molecule has 0 aliphatic carbocycles. The average molecular weight is 192 g/mol. The van der Waals surface area contributed by atoms with Crippen LogP contribution < -0.4 is 11.0 Å². The molecule has 0 bridgehead atoms. The first kappa shape index (κ1) is 7.18. The van der Waals surface area contributed by atoms with Gasteiger partial charge in [-0.15, -0.1) is 0 Å². The molecule has 70 valence electrons. The van der Waals surface area contributed by atoms with Crippen molar-refractivity contribution in [2.24, 2.45) is 9.98 Å². The molecule has 0 aromatic carbocycles. The number of hydrogen-bond acceptors (Lipinski definition) is 5. The summed E-state index contributed by atoms with van der Waals surface area (Å²) in [5, 5.41) is 8.38. The highest BCUT2D eigenvalue weighted by atomic mass is 16.2. The van der Waals surface area contributed by atoms with Gasteiger partial charge in [0.25, 0.3) is 0 Å². The van der Waals surface area contributed by atoms with Crippen LogP contribution in [0.15, 0.2) is 14.8 Å². The van der Waals surface area contributed by atoms with Crippen molar-refractivity contribution < 1.29 is 4.79 Å². The summed E-state index contributed by atoms with van der Waals surface area (Å²) >= 11 is 0. The SMILES string of the molecule is O=C1NC2N=CN=C2c2n[nH]c(=O)n21. The van der Waals surface area contributed by atoms with Gasteiger partial charge >= 0.3 is 11.7 Å². The van der Waals surface area contributed by atoms with E-state index in [1.165, 1.54) is 6.34 Å². The number of amides is 1. The lowest BCUT2D eigenvalue weighted by Gasteiger charge is -2.17. The number of rotatable bonds is 0. The van der Waals surface area contributed by atoms with Crippen LogP contribution in [0.2, 0.25) is 0 Å². The molecule has 3 rings (SSSR count). The van der Waals surface area contributed by atoms with Crippen molar-refractivity contribution in [3.05, 3.63) is 16.3 Å². The molecule has 0 fully saturated rings. The Morgan fingerprint density at radius 3 is 3.14 bits per heavy atom. The number of carbonyl (C=O) groups is 1. The minimum Gasteiger partial charge on any atom is -0.310 e. The largest absolute Gasteiger partial charge is 0.352 e. The summed E-state index contributed by atoms with van der Waals surface area (Å²) in [5.74, 6) is 0.223. The number of nitrogens with zero attached hydrogens (tertiary/aromatic N) is 4. The van der Waals surface area contributed by atoms with Crippen LogP contribution in [0, 0.1) is 0 Å². The first-order valence-corrected chi connectivity index (χ1v) is 3.85. The number of aliphatic imine (C=N–C) groups is 2. The van der Waals surface area contributed by atoms with Gasteiger partial charge in [0.05, 0.1) is 0 Å². The highest BCUT2D eigenvalue weighted by Gasteiger charge is 2.34. The summed E-state index contributed by atoms with van der Waals surface area (Å²) in [6, 6.07) is -0.540. The predicted molar refractivity (Wildman–Crippen MR) is 45.6 cm³/mol. The second-order valence-corrected chi connectivity index (χ2v) is 2.82. The Labute approximate surface area is 76.4 Å². The zero-order valence-electron chi connectivity index (χ0n) is 6.76. The molecular weight excluding hydrogens is 188 g/mol. The number of aromatic nitrogens is 3. The van der Waals surface area contributed by atoms with Crippen LogP contribution >= 0.6 is 0 Å². The Kier molecular flexibility index (Phi) is 1.11. The molecule has 8 nitrogen and oxygen atoms in total. The van der Waals surface area contributed by atoms with E-state index < -0.39 is 17.9 Å². The lowest BCUT2D eigenvalue weighted by atomic mass is 10.2. The smallest absolute Gasteiger partial charge is 0.310 e. The van der Waals surface area contributed by atoms with Crippen molar-refractivity contribution in [1.29, 1.82) is 0 Å². The normalized spacial score (nSPS) is 22.7. The number of carbonyl (C=O) groups excluding carboxylic acids is 1. The third kappa shape index (κ3) is 0.696. The molecule has 0 spiro atoms. The van der Waals surface area contributed by atoms with Crippen molar-refractivity contribution in [3.63, 3.8) is 0 Å². The Morgan fingerprint density at radius 1 is 1.43 bits per heavy atom. The van der Waals surface area contributed by atoms with E-state index in [0.717, 1.165) is 4.57 Å². The lowest BCUT2D eigenvalue weighted by Crippen LogP contribution is -2.50. The third-order valence-electron chi connectivity index (χ3n) is 2.04. The van der Waals surface area contributed by atoms with E-state index in [4.69, 9.17) is 0 Å². The summed E-state index contributed by atoms with van der Waals surface area (Å²) in [7, 11) is 0. The number of aromatic amines is 1. The molecule has 1 atom stereocenters. The number of hydrogen-bond donors (Lipinski definition) is 2. The maximum Gasteiger partial charge on any atom is 0.352 e. The van der Waals surface area contributed by atoms with Gasteiger partial charge in [-0.05, 0) is 0 Å². The number of H-pyrrole nitrogens is 1. The maximum absolute atomic E-state index is 11.4. The molecule has 0 saturated heterocycles. The van der Waals surface area contributed by atoms with Gasteiger partial charge in [0, 0.05) is 0 Å². The van der Waals surface area contributed by atoms with E-state index in [2.05, 4.69) is 25.5 Å². The van der Waals surface area contributed by atoms with Crippen LogP contribution in [0.3, 0.4) is 0 Å². The zero-order valence-corrected chi connectivity index (χ0v) is 6.76. The summed E-state index contributed by atoms with van der Waals surface area (Å²) in [6.45, 7) is 0. The first-order chi connectivity index (χ1) is 6.77. The molecule has 14 heavy (non-hydrogen) atoms. The van der Waals surface area contributed by atoms with Gasteiger partial charge in [0.2, 0.25) is 0 Å². The van der Waals surface area contributed by atoms with Crippen LogP contribution in [0.1, 0.15) is 5.82 Å². The summed E-state index contributed by atoms with van der Waals surface area (Å²) in [6.07, 6.45) is 0.819. The van der Waals surface area contributed by atoms with E-state index in [-0.39, 0.29) is 5.82 Å². The molecule has 8 heteroatoms. The van der Waals surface area contributed by atoms with Crippen molar-refractivity contribution in [2.75, 3.05) is 0 Å². The zero-order chi connectivity index (χ0) is 9.71. The molecule has 0 radical (unpaired) electrons. The van der Waals surface area contributed by atoms with Gasteiger partial charge in [0.15, 0.2) is 12.0 Å². The van der Waals surface area contributed by atoms with Crippen LogP contribution in [0.4, 0.5) is 4.79 Å². The lowest BCUT2D eigenvalue weighted by molar-refractivity contribution is 0.239. The fraction of sp³-hybridized carbons (Fsp3) is 0.167. The fourth-order valence-electron chi connectivity index (χ4n) is 1.43. The Hall–Kier alpha value is -2.25. The van der Waals surface area contributed by atoms with Crippen molar-refractivity contribution >= 4 is 18.1 Å². The minimum absolute atomic E-state index is 0.223. The van der Waals surface area contributed by atoms with Crippen LogP contribution in [0.5, 0.6) is 0 Å². The molecule has 1 aromatic rings. The standard InChI is InChI=1S/C6H4N6O2/c13-5-9-3-2(7-1-8-3)4-10-11-6(14)12(4)5/h1,3H,(H,9,13)(H,11,14). The molecule has 1 aromatic heterocycles. The van der Waals surface area contributed by atoms with Crippen molar-refractivity contribution in [3.8, 4) is 0 Å². The second kappa shape index (κ2) is 2.16. The quantitative estimate of drug-likeness (QED) is 0.511. The maximum atomic E-state index is 11.4. The molecule has 1 unspecified atom stereocenters. The highest BCUT2D eigenvalue weighted by molar-refractivity contribution is 6.12. The van der Waals surface area contributed by atoms with Gasteiger partial charge in [-0.3, -0.25) is 0 Å². The monoisotopic (exact) mass is 192 g/mol. The van der Waals surface area contributed by atoms with E-state index in [1.807, 2.05) is 0 Å². The van der Waals surface area contributed by atoms with Gasteiger partial charge in [-0.2, -0.15) is 9.67 Å². The van der Waals surface area contributed by atoms with Crippen LogP contribution in [0.25, 0.3) is 0 Å². The summed E-state index contributed by atoms with van der Waals surface area (Å²) in [4.78, 5) is 30.3. The Balaban J connectivity index is 2.31. The predicted octanol–water partition coefficient (Wildman–Crippen LogP) is -1.70. The van der Waals surface area contributed by atoms with E-state index in [9.17, 15) is 9.59 Å². The van der Waals surface area contributed by atoms with Crippen molar-refractivity contribution in [2.45, 2.75) is 6.17 Å². The topological polar surface area (TPSA) is 104 Å². The van der Waals surface area contributed by atoms with Crippen molar-refractivity contribution in [1.82, 2.24) is 20.1 Å². The Morgan fingerprint density at radius 2 is 2.29 bits per heavy atom.